The number of hydrogen-bond donors (Lipinski definition) is 2. The van der Waals surface area contributed by atoms with Gasteiger partial charge in [0.1, 0.15) is 16.9 Å². The molecule has 1 aromatic heterocycles. The third-order valence-electron chi connectivity index (χ3n) is 2.95. The zero-order chi connectivity index (χ0) is 15.4. The Kier molecular flexibility index (Phi) is 4.85. The smallest absolute Gasteiger partial charge is 0.326 e. The molecule has 7 heteroatoms. The van der Waals surface area contributed by atoms with E-state index >= 15 is 0 Å². The molecule has 0 aliphatic heterocycles. The lowest BCUT2D eigenvalue weighted by Crippen LogP contribution is -2.34. The number of anilines is 1. The Hall–Kier alpha value is -2.02. The Bertz CT molecular complexity index is 613. The van der Waals surface area contributed by atoms with E-state index in [1.807, 2.05) is 13.8 Å². The molecule has 21 heavy (non-hydrogen) atoms. The van der Waals surface area contributed by atoms with Crippen molar-refractivity contribution in [3.05, 3.63) is 40.7 Å². The summed E-state index contributed by atoms with van der Waals surface area (Å²) in [5.41, 5.74) is 0.928. The number of aliphatic carboxylic acids is 1. The van der Waals surface area contributed by atoms with E-state index in [9.17, 15) is 9.18 Å². The van der Waals surface area contributed by atoms with Crippen molar-refractivity contribution < 1.29 is 14.3 Å². The normalized spacial score (nSPS) is 12.4. The molecule has 0 saturated carbocycles. The summed E-state index contributed by atoms with van der Waals surface area (Å²) in [5, 5.41) is 21.2. The minimum absolute atomic E-state index is 0.0630. The highest BCUT2D eigenvalue weighted by Gasteiger charge is 2.22. The topological polar surface area (TPSA) is 75.1 Å². The third kappa shape index (κ3) is 4.22. The number of aromatic nitrogens is 2. The predicted molar refractivity (Wildman–Crippen MR) is 79.0 cm³/mol. The third-order valence-corrected chi connectivity index (χ3v) is 3.80. The van der Waals surface area contributed by atoms with Gasteiger partial charge in [0.2, 0.25) is 5.13 Å². The largest absolute Gasteiger partial charge is 0.480 e. The fourth-order valence-electron chi connectivity index (χ4n) is 1.81. The fourth-order valence-corrected chi connectivity index (χ4v) is 2.62. The number of nitrogens with one attached hydrogen (secondary N) is 1. The van der Waals surface area contributed by atoms with Crippen LogP contribution in [0.1, 0.15) is 24.4 Å². The number of carbonyl (C=O) groups is 1. The molecule has 1 heterocycles. The van der Waals surface area contributed by atoms with Gasteiger partial charge in [0.05, 0.1) is 0 Å². The molecule has 5 nitrogen and oxygen atoms in total. The van der Waals surface area contributed by atoms with Crippen LogP contribution in [0.5, 0.6) is 0 Å². The van der Waals surface area contributed by atoms with Crippen molar-refractivity contribution >= 4 is 22.4 Å². The van der Waals surface area contributed by atoms with Crippen molar-refractivity contribution in [2.45, 2.75) is 26.3 Å². The van der Waals surface area contributed by atoms with Gasteiger partial charge < -0.3 is 10.4 Å². The molecule has 0 spiro atoms. The van der Waals surface area contributed by atoms with Gasteiger partial charge in [0.25, 0.3) is 0 Å². The summed E-state index contributed by atoms with van der Waals surface area (Å²) in [6.45, 7) is 3.65. The van der Waals surface area contributed by atoms with Crippen LogP contribution in [-0.2, 0) is 11.2 Å². The highest BCUT2D eigenvalue weighted by atomic mass is 32.1. The Morgan fingerprint density at radius 3 is 2.57 bits per heavy atom. The van der Waals surface area contributed by atoms with E-state index in [2.05, 4.69) is 15.5 Å². The van der Waals surface area contributed by atoms with Gasteiger partial charge in [-0.3, -0.25) is 0 Å². The maximum absolute atomic E-state index is 12.8. The van der Waals surface area contributed by atoms with E-state index in [1.165, 1.54) is 23.5 Å². The molecular formula is C14H16FN3O2S. The van der Waals surface area contributed by atoms with E-state index in [-0.39, 0.29) is 11.7 Å². The van der Waals surface area contributed by atoms with Gasteiger partial charge >= 0.3 is 5.97 Å². The van der Waals surface area contributed by atoms with Gasteiger partial charge in [-0.1, -0.05) is 37.3 Å². The van der Waals surface area contributed by atoms with Crippen LogP contribution in [0.15, 0.2) is 24.3 Å². The second-order valence-electron chi connectivity index (χ2n) is 5.01. The first-order valence-electron chi connectivity index (χ1n) is 6.52. The van der Waals surface area contributed by atoms with Crippen molar-refractivity contribution in [2.75, 3.05) is 5.32 Å². The van der Waals surface area contributed by atoms with Crippen LogP contribution in [0.25, 0.3) is 0 Å². The summed E-state index contributed by atoms with van der Waals surface area (Å²) < 4.78 is 12.8. The van der Waals surface area contributed by atoms with Crippen molar-refractivity contribution in [3.63, 3.8) is 0 Å². The van der Waals surface area contributed by atoms with E-state index in [1.54, 1.807) is 12.1 Å². The maximum atomic E-state index is 12.8. The molecule has 0 bridgehead atoms. The molecule has 0 saturated heterocycles. The minimum atomic E-state index is -0.916. The number of carboxylic acids is 1. The summed E-state index contributed by atoms with van der Waals surface area (Å²) >= 11 is 1.30. The zero-order valence-corrected chi connectivity index (χ0v) is 12.5. The van der Waals surface area contributed by atoms with Gasteiger partial charge in [-0.25, -0.2) is 9.18 Å². The fraction of sp³-hybridized carbons (Fsp3) is 0.357. The molecule has 0 amide bonds. The van der Waals surface area contributed by atoms with Crippen molar-refractivity contribution in [2.24, 2.45) is 5.92 Å². The Morgan fingerprint density at radius 1 is 1.33 bits per heavy atom. The minimum Gasteiger partial charge on any atom is -0.480 e. The van der Waals surface area contributed by atoms with Crippen molar-refractivity contribution in [1.29, 1.82) is 0 Å². The second kappa shape index (κ2) is 6.62. The summed E-state index contributed by atoms with van der Waals surface area (Å²) in [6, 6.07) is 5.48. The molecule has 2 N–H and O–H groups in total. The average molecular weight is 309 g/mol. The van der Waals surface area contributed by atoms with Gasteiger partial charge in [-0.15, -0.1) is 10.2 Å². The quantitative estimate of drug-likeness (QED) is 0.858. The van der Waals surface area contributed by atoms with Gasteiger partial charge in [-0.05, 0) is 23.6 Å². The lowest BCUT2D eigenvalue weighted by molar-refractivity contribution is -0.138. The molecule has 2 aromatic rings. The Balaban J connectivity index is 2.04. The SMILES string of the molecule is CC(C)[C@@H](Nc1nnc(Cc2ccc(F)cc2)s1)C(=O)O. The van der Waals surface area contributed by atoms with Crippen LogP contribution < -0.4 is 5.32 Å². The lowest BCUT2D eigenvalue weighted by Gasteiger charge is -2.16. The summed E-state index contributed by atoms with van der Waals surface area (Å²) in [6.07, 6.45) is 0.541. The summed E-state index contributed by atoms with van der Waals surface area (Å²) in [5.74, 6) is -1.26. The number of nitrogens with zero attached hydrogens (tertiary/aromatic N) is 2. The van der Waals surface area contributed by atoms with Crippen LogP contribution >= 0.6 is 11.3 Å². The molecule has 0 radical (unpaired) electrons. The van der Waals surface area contributed by atoms with Gasteiger partial charge in [0, 0.05) is 6.42 Å². The van der Waals surface area contributed by atoms with Crippen LogP contribution in [0.3, 0.4) is 0 Å². The first-order valence-corrected chi connectivity index (χ1v) is 7.33. The molecule has 0 fully saturated rings. The van der Waals surface area contributed by atoms with Crippen LogP contribution in [-0.4, -0.2) is 27.3 Å². The highest BCUT2D eigenvalue weighted by molar-refractivity contribution is 7.15. The summed E-state index contributed by atoms with van der Waals surface area (Å²) in [7, 11) is 0. The lowest BCUT2D eigenvalue weighted by atomic mass is 10.1. The molecule has 0 unspecified atom stereocenters. The standard InChI is InChI=1S/C14H16FN3O2S/c1-8(2)12(13(19)20)16-14-18-17-11(21-14)7-9-3-5-10(15)6-4-9/h3-6,8,12H,7H2,1-2H3,(H,16,18)(H,19,20)/t12-/m1/s1. The number of benzene rings is 1. The number of halogens is 1. The van der Waals surface area contributed by atoms with E-state index in [0.717, 1.165) is 10.6 Å². The highest BCUT2D eigenvalue weighted by Crippen LogP contribution is 2.21. The zero-order valence-electron chi connectivity index (χ0n) is 11.7. The first kappa shape index (κ1) is 15.4. The summed E-state index contributed by atoms with van der Waals surface area (Å²) in [4.78, 5) is 11.1. The number of carboxylic acid groups (broad SMARTS) is 1. The van der Waals surface area contributed by atoms with Crippen LogP contribution in [0.2, 0.25) is 0 Å². The monoisotopic (exact) mass is 309 g/mol. The van der Waals surface area contributed by atoms with Crippen molar-refractivity contribution in [1.82, 2.24) is 10.2 Å². The molecule has 112 valence electrons. The molecular weight excluding hydrogens is 293 g/mol. The Labute approximate surface area is 125 Å². The van der Waals surface area contributed by atoms with Crippen LogP contribution in [0.4, 0.5) is 9.52 Å². The first-order chi connectivity index (χ1) is 9.95. The number of rotatable bonds is 6. The van der Waals surface area contributed by atoms with E-state index in [4.69, 9.17) is 5.11 Å². The van der Waals surface area contributed by atoms with Crippen LogP contribution in [0, 0.1) is 11.7 Å². The Morgan fingerprint density at radius 2 is 2.00 bits per heavy atom. The van der Waals surface area contributed by atoms with E-state index in [0.29, 0.717) is 11.6 Å². The van der Waals surface area contributed by atoms with Crippen molar-refractivity contribution in [3.8, 4) is 0 Å². The predicted octanol–water partition coefficient (Wildman–Crippen LogP) is 2.79. The van der Waals surface area contributed by atoms with Gasteiger partial charge in [-0.2, -0.15) is 0 Å². The molecule has 1 atom stereocenters. The number of hydrogen-bond acceptors (Lipinski definition) is 5. The maximum Gasteiger partial charge on any atom is 0.326 e. The van der Waals surface area contributed by atoms with E-state index < -0.39 is 12.0 Å². The van der Waals surface area contributed by atoms with Gasteiger partial charge in [0.15, 0.2) is 0 Å². The molecule has 0 aliphatic carbocycles. The molecule has 0 aliphatic rings. The molecule has 1 aromatic carbocycles. The average Bonchev–Trinajstić information content (AvgIpc) is 2.85. The molecule has 2 rings (SSSR count). The second-order valence-corrected chi connectivity index (χ2v) is 6.07.